The zero-order chi connectivity index (χ0) is 18.7. The molecule has 0 aromatic carbocycles. The Hall–Kier alpha value is -2.28. The Morgan fingerprint density at radius 1 is 1.38 bits per heavy atom. The third kappa shape index (κ3) is 4.09. The minimum absolute atomic E-state index is 0.0259. The van der Waals surface area contributed by atoms with Crippen LogP contribution in [0.4, 0.5) is 0 Å². The number of aromatic nitrogens is 2. The SMILES string of the molecule is CC(=O)N(Cc1cccnc1)C1CCCN(C(=O)c2sc(C)nc2C)C1. The van der Waals surface area contributed by atoms with Gasteiger partial charge in [0.25, 0.3) is 5.91 Å². The van der Waals surface area contributed by atoms with Crippen LogP contribution in [0.3, 0.4) is 0 Å². The summed E-state index contributed by atoms with van der Waals surface area (Å²) in [6.07, 6.45) is 5.31. The van der Waals surface area contributed by atoms with E-state index in [0.717, 1.165) is 35.7 Å². The van der Waals surface area contributed by atoms with Crippen LogP contribution in [0, 0.1) is 13.8 Å². The quantitative estimate of drug-likeness (QED) is 0.828. The van der Waals surface area contributed by atoms with Gasteiger partial charge < -0.3 is 9.80 Å². The van der Waals surface area contributed by atoms with Crippen molar-refractivity contribution in [1.82, 2.24) is 19.8 Å². The molecule has 0 bridgehead atoms. The summed E-state index contributed by atoms with van der Waals surface area (Å²) >= 11 is 1.44. The highest BCUT2D eigenvalue weighted by Crippen LogP contribution is 2.24. The van der Waals surface area contributed by atoms with Crippen LogP contribution in [-0.2, 0) is 11.3 Å². The lowest BCUT2D eigenvalue weighted by atomic mass is 10.0. The monoisotopic (exact) mass is 372 g/mol. The number of pyridine rings is 1. The van der Waals surface area contributed by atoms with Crippen molar-refractivity contribution >= 4 is 23.2 Å². The maximum absolute atomic E-state index is 12.9. The first-order chi connectivity index (χ1) is 12.5. The molecular formula is C19H24N4O2S. The number of piperidine rings is 1. The Kier molecular flexibility index (Phi) is 5.66. The Morgan fingerprint density at radius 2 is 2.19 bits per heavy atom. The minimum atomic E-state index is 0.0259. The molecule has 1 saturated heterocycles. The van der Waals surface area contributed by atoms with Gasteiger partial charge in [-0.1, -0.05) is 6.07 Å². The fourth-order valence-corrected chi connectivity index (χ4v) is 4.34. The molecule has 26 heavy (non-hydrogen) atoms. The van der Waals surface area contributed by atoms with E-state index in [-0.39, 0.29) is 17.9 Å². The molecule has 7 heteroatoms. The molecule has 3 heterocycles. The van der Waals surface area contributed by atoms with E-state index in [1.165, 1.54) is 11.3 Å². The highest BCUT2D eigenvalue weighted by Gasteiger charge is 2.31. The molecule has 0 radical (unpaired) electrons. The Bertz CT molecular complexity index is 790. The summed E-state index contributed by atoms with van der Waals surface area (Å²) in [7, 11) is 0. The molecular weight excluding hydrogens is 348 g/mol. The zero-order valence-corrected chi connectivity index (χ0v) is 16.3. The molecule has 0 spiro atoms. The fourth-order valence-electron chi connectivity index (χ4n) is 3.45. The van der Waals surface area contributed by atoms with Crippen LogP contribution in [0.5, 0.6) is 0 Å². The first-order valence-corrected chi connectivity index (χ1v) is 9.66. The van der Waals surface area contributed by atoms with Crippen molar-refractivity contribution < 1.29 is 9.59 Å². The maximum atomic E-state index is 12.9. The molecule has 0 saturated carbocycles. The molecule has 2 amide bonds. The molecule has 2 aromatic heterocycles. The fraction of sp³-hybridized carbons (Fsp3) is 0.474. The lowest BCUT2D eigenvalue weighted by Crippen LogP contribution is -2.50. The van der Waals surface area contributed by atoms with Crippen molar-refractivity contribution in [1.29, 1.82) is 0 Å². The van der Waals surface area contributed by atoms with Crippen LogP contribution in [0.15, 0.2) is 24.5 Å². The number of rotatable bonds is 4. The zero-order valence-electron chi connectivity index (χ0n) is 15.4. The van der Waals surface area contributed by atoms with Crippen LogP contribution in [0.25, 0.3) is 0 Å². The molecule has 1 unspecified atom stereocenters. The standard InChI is InChI=1S/C19H24N4O2S/c1-13-18(26-14(2)21-13)19(25)22-9-5-7-17(12-22)23(15(3)24)11-16-6-4-8-20-10-16/h4,6,8,10,17H,5,7,9,11-12H2,1-3H3. The van der Waals surface area contributed by atoms with Gasteiger partial charge in [0.05, 0.1) is 10.7 Å². The summed E-state index contributed by atoms with van der Waals surface area (Å²) in [5.41, 5.74) is 1.79. The molecule has 1 aliphatic rings. The molecule has 1 aliphatic heterocycles. The van der Waals surface area contributed by atoms with Crippen LogP contribution in [-0.4, -0.2) is 50.7 Å². The molecule has 3 rings (SSSR count). The number of likely N-dealkylation sites (tertiary alicyclic amines) is 1. The number of hydrogen-bond acceptors (Lipinski definition) is 5. The van der Waals surface area contributed by atoms with E-state index in [4.69, 9.17) is 0 Å². The van der Waals surface area contributed by atoms with Gasteiger partial charge in [0.1, 0.15) is 4.88 Å². The molecule has 1 fully saturated rings. The number of aryl methyl sites for hydroxylation is 2. The molecule has 1 atom stereocenters. The molecule has 0 aliphatic carbocycles. The second-order valence-electron chi connectivity index (χ2n) is 6.70. The first kappa shape index (κ1) is 18.5. The Balaban J connectivity index is 1.74. The van der Waals surface area contributed by atoms with Crippen molar-refractivity contribution in [2.24, 2.45) is 0 Å². The summed E-state index contributed by atoms with van der Waals surface area (Å²) in [6, 6.07) is 3.87. The number of thiazole rings is 1. The number of amides is 2. The van der Waals surface area contributed by atoms with Crippen molar-refractivity contribution in [3.63, 3.8) is 0 Å². The lowest BCUT2D eigenvalue weighted by Gasteiger charge is -2.39. The van der Waals surface area contributed by atoms with Crippen molar-refractivity contribution in [2.45, 2.75) is 46.2 Å². The van der Waals surface area contributed by atoms with Gasteiger partial charge in [0.2, 0.25) is 5.91 Å². The predicted molar refractivity (Wildman–Crippen MR) is 101 cm³/mol. The predicted octanol–water partition coefficient (Wildman–Crippen LogP) is 2.81. The second-order valence-corrected chi connectivity index (χ2v) is 7.91. The van der Waals surface area contributed by atoms with E-state index < -0.39 is 0 Å². The second kappa shape index (κ2) is 7.95. The van der Waals surface area contributed by atoms with Crippen LogP contribution >= 0.6 is 11.3 Å². The van der Waals surface area contributed by atoms with Gasteiger partial charge in [-0.25, -0.2) is 4.98 Å². The average Bonchev–Trinajstić information content (AvgIpc) is 2.98. The maximum Gasteiger partial charge on any atom is 0.265 e. The van der Waals surface area contributed by atoms with Gasteiger partial charge in [0, 0.05) is 45.0 Å². The summed E-state index contributed by atoms with van der Waals surface area (Å²) in [5, 5.41) is 0.904. The highest BCUT2D eigenvalue weighted by atomic mass is 32.1. The summed E-state index contributed by atoms with van der Waals surface area (Å²) < 4.78 is 0. The van der Waals surface area contributed by atoms with Crippen LogP contribution in [0.2, 0.25) is 0 Å². The van der Waals surface area contributed by atoms with Gasteiger partial charge in [-0.05, 0) is 38.3 Å². The van der Waals surface area contributed by atoms with Gasteiger partial charge in [0.15, 0.2) is 0 Å². The number of carbonyl (C=O) groups is 2. The van der Waals surface area contributed by atoms with Gasteiger partial charge in [-0.3, -0.25) is 14.6 Å². The van der Waals surface area contributed by atoms with E-state index in [1.807, 2.05) is 35.8 Å². The van der Waals surface area contributed by atoms with Crippen LogP contribution in [0.1, 0.15) is 45.7 Å². The van der Waals surface area contributed by atoms with E-state index >= 15 is 0 Å². The number of nitrogens with zero attached hydrogens (tertiary/aromatic N) is 4. The molecule has 138 valence electrons. The smallest absolute Gasteiger partial charge is 0.265 e. The largest absolute Gasteiger partial charge is 0.336 e. The number of hydrogen-bond donors (Lipinski definition) is 0. The number of carbonyl (C=O) groups excluding carboxylic acids is 2. The highest BCUT2D eigenvalue weighted by molar-refractivity contribution is 7.13. The summed E-state index contributed by atoms with van der Waals surface area (Å²) in [5.74, 6) is 0.0562. The summed E-state index contributed by atoms with van der Waals surface area (Å²) in [4.78, 5) is 38.1. The molecule has 0 N–H and O–H groups in total. The Morgan fingerprint density at radius 3 is 2.81 bits per heavy atom. The topological polar surface area (TPSA) is 66.4 Å². The van der Waals surface area contributed by atoms with Crippen molar-refractivity contribution in [3.8, 4) is 0 Å². The normalized spacial score (nSPS) is 17.2. The third-order valence-corrected chi connectivity index (χ3v) is 5.76. The van der Waals surface area contributed by atoms with Gasteiger partial charge >= 0.3 is 0 Å². The van der Waals surface area contributed by atoms with Crippen LogP contribution < -0.4 is 0 Å². The van der Waals surface area contributed by atoms with E-state index in [9.17, 15) is 9.59 Å². The van der Waals surface area contributed by atoms with Gasteiger partial charge in [-0.15, -0.1) is 11.3 Å². The van der Waals surface area contributed by atoms with Crippen molar-refractivity contribution in [3.05, 3.63) is 45.7 Å². The van der Waals surface area contributed by atoms with E-state index in [2.05, 4.69) is 9.97 Å². The Labute approximate surface area is 157 Å². The summed E-state index contributed by atoms with van der Waals surface area (Å²) in [6.45, 7) is 7.20. The van der Waals surface area contributed by atoms with E-state index in [1.54, 1.807) is 19.3 Å². The molecule has 6 nitrogen and oxygen atoms in total. The van der Waals surface area contributed by atoms with Gasteiger partial charge in [-0.2, -0.15) is 0 Å². The van der Waals surface area contributed by atoms with Crippen molar-refractivity contribution in [2.75, 3.05) is 13.1 Å². The third-order valence-electron chi connectivity index (χ3n) is 4.70. The first-order valence-electron chi connectivity index (χ1n) is 8.85. The average molecular weight is 372 g/mol. The minimum Gasteiger partial charge on any atom is -0.336 e. The molecule has 2 aromatic rings. The lowest BCUT2D eigenvalue weighted by molar-refractivity contribution is -0.132. The van der Waals surface area contributed by atoms with E-state index in [0.29, 0.717) is 18.0 Å².